The average Bonchev–Trinajstić information content (AvgIpc) is 3.30. The molecule has 7 nitrogen and oxygen atoms in total. The Hall–Kier alpha value is -3.06. The van der Waals surface area contributed by atoms with E-state index in [1.165, 1.54) is 0 Å². The molecule has 1 aromatic heterocycles. The zero-order chi connectivity index (χ0) is 17.9. The van der Waals surface area contributed by atoms with Crippen LogP contribution in [0.1, 0.15) is 11.5 Å². The number of hydrogen-bond donors (Lipinski definition) is 0. The maximum atomic E-state index is 5.78. The second-order valence-corrected chi connectivity index (χ2v) is 6.09. The van der Waals surface area contributed by atoms with Gasteiger partial charge in [0.2, 0.25) is 18.6 Å². The van der Waals surface area contributed by atoms with Crippen LogP contribution >= 0.6 is 0 Å². The lowest BCUT2D eigenvalue weighted by Crippen LogP contribution is -2.17. The number of fused-ring (bicyclic) bond motifs is 1. The van der Waals surface area contributed by atoms with Gasteiger partial charge in [-0.2, -0.15) is 0 Å². The van der Waals surface area contributed by atoms with Crippen molar-refractivity contribution < 1.29 is 18.6 Å². The van der Waals surface area contributed by atoms with Gasteiger partial charge >= 0.3 is 0 Å². The van der Waals surface area contributed by atoms with E-state index in [1.807, 2.05) is 49.5 Å². The van der Waals surface area contributed by atoms with Crippen molar-refractivity contribution in [3.05, 3.63) is 53.9 Å². The summed E-state index contributed by atoms with van der Waals surface area (Å²) in [5.74, 6) is 3.43. The van der Waals surface area contributed by atoms with Crippen LogP contribution in [0.2, 0.25) is 0 Å². The standard InChI is InChI=1S/C19H19N3O4/c1-22(10-13-3-8-16-17(9-13)25-12-24-16)11-18-20-21-19(26-18)14-4-6-15(23-2)7-5-14/h3-9H,10-12H2,1-2H3. The lowest BCUT2D eigenvalue weighted by molar-refractivity contribution is 0.174. The molecular weight excluding hydrogens is 334 g/mol. The number of aromatic nitrogens is 2. The smallest absolute Gasteiger partial charge is 0.247 e. The van der Waals surface area contributed by atoms with Gasteiger partial charge in [0.25, 0.3) is 0 Å². The minimum atomic E-state index is 0.282. The Morgan fingerprint density at radius 2 is 1.81 bits per heavy atom. The number of methoxy groups -OCH3 is 1. The molecule has 2 heterocycles. The summed E-state index contributed by atoms with van der Waals surface area (Å²) in [6, 6.07) is 13.5. The van der Waals surface area contributed by atoms with Crippen molar-refractivity contribution in [1.29, 1.82) is 0 Å². The predicted octanol–water partition coefficient (Wildman–Crippen LogP) is 3.11. The van der Waals surface area contributed by atoms with Crippen molar-refractivity contribution in [3.8, 4) is 28.7 Å². The quantitative estimate of drug-likeness (QED) is 0.674. The van der Waals surface area contributed by atoms with E-state index in [1.54, 1.807) is 7.11 Å². The van der Waals surface area contributed by atoms with Gasteiger partial charge in [-0.1, -0.05) is 6.07 Å². The zero-order valence-electron chi connectivity index (χ0n) is 14.6. The summed E-state index contributed by atoms with van der Waals surface area (Å²) in [7, 11) is 3.64. The molecular formula is C19H19N3O4. The van der Waals surface area contributed by atoms with E-state index in [0.717, 1.165) is 34.9 Å². The third kappa shape index (κ3) is 3.48. The summed E-state index contributed by atoms with van der Waals surface area (Å²) in [5, 5.41) is 8.27. The van der Waals surface area contributed by atoms with Gasteiger partial charge < -0.3 is 18.6 Å². The molecule has 2 aromatic carbocycles. The molecule has 1 aliphatic heterocycles. The van der Waals surface area contributed by atoms with E-state index >= 15 is 0 Å². The molecule has 1 aliphatic rings. The fourth-order valence-corrected chi connectivity index (χ4v) is 2.81. The van der Waals surface area contributed by atoms with Crippen LogP contribution in [-0.2, 0) is 13.1 Å². The van der Waals surface area contributed by atoms with Crippen molar-refractivity contribution in [2.45, 2.75) is 13.1 Å². The number of nitrogens with zero attached hydrogens (tertiary/aromatic N) is 3. The molecule has 0 saturated heterocycles. The Balaban J connectivity index is 1.40. The molecule has 0 N–H and O–H groups in total. The van der Waals surface area contributed by atoms with E-state index in [2.05, 4.69) is 15.1 Å². The largest absolute Gasteiger partial charge is 0.497 e. The Bertz CT molecular complexity index is 892. The first-order valence-electron chi connectivity index (χ1n) is 8.25. The highest BCUT2D eigenvalue weighted by molar-refractivity contribution is 5.53. The number of rotatable bonds is 6. The van der Waals surface area contributed by atoms with Gasteiger partial charge in [0.1, 0.15) is 5.75 Å². The molecule has 0 aliphatic carbocycles. The summed E-state index contributed by atoms with van der Waals surface area (Å²) >= 11 is 0. The summed E-state index contributed by atoms with van der Waals surface area (Å²) in [6.45, 7) is 1.57. The van der Waals surface area contributed by atoms with E-state index in [0.29, 0.717) is 18.3 Å². The van der Waals surface area contributed by atoms with E-state index in [9.17, 15) is 0 Å². The molecule has 7 heteroatoms. The first-order valence-corrected chi connectivity index (χ1v) is 8.25. The van der Waals surface area contributed by atoms with Crippen molar-refractivity contribution in [2.24, 2.45) is 0 Å². The molecule has 0 fully saturated rings. The van der Waals surface area contributed by atoms with E-state index in [4.69, 9.17) is 18.6 Å². The molecule has 26 heavy (non-hydrogen) atoms. The Kier molecular flexibility index (Phi) is 4.45. The Morgan fingerprint density at radius 1 is 1.00 bits per heavy atom. The molecule has 0 bridgehead atoms. The van der Waals surface area contributed by atoms with Gasteiger partial charge in [0, 0.05) is 12.1 Å². The summed E-state index contributed by atoms with van der Waals surface area (Å²) < 4.78 is 21.7. The average molecular weight is 353 g/mol. The zero-order valence-corrected chi connectivity index (χ0v) is 14.6. The van der Waals surface area contributed by atoms with Gasteiger partial charge in [-0.15, -0.1) is 10.2 Å². The van der Waals surface area contributed by atoms with Gasteiger partial charge in [0.15, 0.2) is 11.5 Å². The molecule has 0 atom stereocenters. The fraction of sp³-hybridized carbons (Fsp3) is 0.263. The molecule has 0 unspecified atom stereocenters. The molecule has 0 radical (unpaired) electrons. The summed E-state index contributed by atoms with van der Waals surface area (Å²) in [6.07, 6.45) is 0. The number of benzene rings is 2. The lowest BCUT2D eigenvalue weighted by Gasteiger charge is -2.14. The first kappa shape index (κ1) is 16.4. The number of ether oxygens (including phenoxy) is 3. The fourth-order valence-electron chi connectivity index (χ4n) is 2.81. The maximum absolute atomic E-state index is 5.78. The topological polar surface area (TPSA) is 69.9 Å². The maximum Gasteiger partial charge on any atom is 0.247 e. The van der Waals surface area contributed by atoms with Crippen LogP contribution in [-0.4, -0.2) is 36.0 Å². The van der Waals surface area contributed by atoms with E-state index < -0.39 is 0 Å². The van der Waals surface area contributed by atoms with Crippen LogP contribution in [0.4, 0.5) is 0 Å². The lowest BCUT2D eigenvalue weighted by atomic mass is 10.2. The summed E-state index contributed by atoms with van der Waals surface area (Å²) in [5.41, 5.74) is 2.00. The van der Waals surface area contributed by atoms with Gasteiger partial charge in [-0.3, -0.25) is 4.90 Å². The predicted molar refractivity (Wildman–Crippen MR) is 94.0 cm³/mol. The molecule has 3 aromatic rings. The van der Waals surface area contributed by atoms with Crippen LogP contribution in [0.3, 0.4) is 0 Å². The molecule has 4 rings (SSSR count). The highest BCUT2D eigenvalue weighted by atomic mass is 16.7. The molecule has 0 spiro atoms. The van der Waals surface area contributed by atoms with Crippen LogP contribution in [0.5, 0.6) is 17.2 Å². The molecule has 0 saturated carbocycles. The normalized spacial score (nSPS) is 12.6. The minimum Gasteiger partial charge on any atom is -0.497 e. The minimum absolute atomic E-state index is 0.282. The third-order valence-electron chi connectivity index (χ3n) is 4.10. The molecule has 134 valence electrons. The highest BCUT2D eigenvalue weighted by Gasteiger charge is 2.15. The van der Waals surface area contributed by atoms with Gasteiger partial charge in [-0.25, -0.2) is 0 Å². The van der Waals surface area contributed by atoms with Gasteiger partial charge in [-0.05, 0) is 49.0 Å². The summed E-state index contributed by atoms with van der Waals surface area (Å²) in [4.78, 5) is 2.10. The van der Waals surface area contributed by atoms with Crippen LogP contribution in [0, 0.1) is 0 Å². The highest BCUT2D eigenvalue weighted by Crippen LogP contribution is 2.32. The van der Waals surface area contributed by atoms with E-state index in [-0.39, 0.29) is 6.79 Å². The van der Waals surface area contributed by atoms with Crippen molar-refractivity contribution in [1.82, 2.24) is 15.1 Å². The monoisotopic (exact) mass is 353 g/mol. The van der Waals surface area contributed by atoms with Crippen molar-refractivity contribution >= 4 is 0 Å². The number of hydrogen-bond acceptors (Lipinski definition) is 7. The second-order valence-electron chi connectivity index (χ2n) is 6.09. The van der Waals surface area contributed by atoms with Crippen LogP contribution < -0.4 is 14.2 Å². The van der Waals surface area contributed by atoms with Crippen LogP contribution in [0.15, 0.2) is 46.9 Å². The van der Waals surface area contributed by atoms with Crippen molar-refractivity contribution in [3.63, 3.8) is 0 Å². The van der Waals surface area contributed by atoms with Crippen molar-refractivity contribution in [2.75, 3.05) is 21.0 Å². The SMILES string of the molecule is COc1ccc(-c2nnc(CN(C)Cc3ccc4c(c3)OCO4)o2)cc1. The first-order chi connectivity index (χ1) is 12.7. The Labute approximate surface area is 151 Å². The second kappa shape index (κ2) is 7.05. The molecule has 0 amide bonds. The third-order valence-corrected chi connectivity index (χ3v) is 4.10. The Morgan fingerprint density at radius 3 is 2.62 bits per heavy atom. The van der Waals surface area contributed by atoms with Crippen LogP contribution in [0.25, 0.3) is 11.5 Å². The van der Waals surface area contributed by atoms with Gasteiger partial charge in [0.05, 0.1) is 13.7 Å².